The monoisotopic (exact) mass is 493 g/mol. The van der Waals surface area contributed by atoms with Gasteiger partial charge in [0.05, 0.1) is 11.6 Å². The largest absolute Gasteiger partial charge is 0.376 e. The Morgan fingerprint density at radius 1 is 1.17 bits per heavy atom. The summed E-state index contributed by atoms with van der Waals surface area (Å²) in [5.74, 6) is -1.14. The molecule has 1 aliphatic heterocycles. The molecule has 0 bridgehead atoms. The first kappa shape index (κ1) is 23.1. The molecule has 3 heterocycles. The smallest absolute Gasteiger partial charge is 0.249 e. The molecule has 10 heteroatoms. The van der Waals surface area contributed by atoms with Crippen LogP contribution in [0.2, 0.25) is 0 Å². The molecule has 0 aliphatic carbocycles. The van der Waals surface area contributed by atoms with Crippen molar-refractivity contribution in [3.05, 3.63) is 76.7 Å². The summed E-state index contributed by atoms with van der Waals surface area (Å²) in [6.07, 6.45) is 1.80. The molecule has 5 rings (SSSR count). The Morgan fingerprint density at radius 3 is 2.74 bits per heavy atom. The summed E-state index contributed by atoms with van der Waals surface area (Å²) in [7, 11) is 0. The average Bonchev–Trinajstić information content (AvgIpc) is 3.65. The van der Waals surface area contributed by atoms with Gasteiger partial charge in [-0.2, -0.15) is 0 Å². The number of amides is 2. The minimum atomic E-state index is -0.941. The topological polar surface area (TPSA) is 89.4 Å². The van der Waals surface area contributed by atoms with Gasteiger partial charge in [0.25, 0.3) is 0 Å². The SMILES string of the molecule is O=C(NC[C@@H]1CCCO1)[C@H](c1cccs1)N(C(=O)Cn1nnc2ccccc21)c1ccc(F)cc1. The van der Waals surface area contributed by atoms with Gasteiger partial charge in [-0.05, 0) is 60.7 Å². The van der Waals surface area contributed by atoms with Crippen LogP contribution in [0.4, 0.5) is 10.1 Å². The number of fused-ring (bicyclic) bond motifs is 1. The van der Waals surface area contributed by atoms with E-state index in [0.717, 1.165) is 12.8 Å². The molecule has 2 amide bonds. The molecule has 35 heavy (non-hydrogen) atoms. The Hall–Kier alpha value is -3.63. The number of nitrogens with one attached hydrogen (secondary N) is 1. The Balaban J connectivity index is 1.49. The average molecular weight is 494 g/mol. The van der Waals surface area contributed by atoms with Crippen molar-refractivity contribution in [3.63, 3.8) is 0 Å². The van der Waals surface area contributed by atoms with E-state index in [1.54, 1.807) is 0 Å². The zero-order chi connectivity index (χ0) is 24.2. The summed E-state index contributed by atoms with van der Waals surface area (Å²) < 4.78 is 20.9. The number of thiophene rings is 1. The van der Waals surface area contributed by atoms with E-state index in [0.29, 0.717) is 34.7 Å². The fourth-order valence-corrected chi connectivity index (χ4v) is 5.03. The van der Waals surface area contributed by atoms with Crippen LogP contribution in [0.25, 0.3) is 11.0 Å². The molecule has 0 radical (unpaired) electrons. The molecule has 0 spiro atoms. The molecule has 1 saturated heterocycles. The van der Waals surface area contributed by atoms with E-state index in [9.17, 15) is 14.0 Å². The summed E-state index contributed by atoms with van der Waals surface area (Å²) in [5, 5.41) is 13.1. The molecule has 0 unspecified atom stereocenters. The highest BCUT2D eigenvalue weighted by molar-refractivity contribution is 7.10. The Labute approximate surface area is 205 Å². The van der Waals surface area contributed by atoms with Crippen molar-refractivity contribution >= 4 is 39.9 Å². The highest BCUT2D eigenvalue weighted by atomic mass is 32.1. The van der Waals surface area contributed by atoms with Gasteiger partial charge in [-0.3, -0.25) is 14.5 Å². The maximum atomic E-state index is 13.8. The fraction of sp³-hybridized carbons (Fsp3) is 0.280. The standard InChI is InChI=1S/C25H24FN5O3S/c26-17-9-11-18(12-10-17)31(23(32)16-30-21-7-2-1-6-20(21)28-29-30)24(22-8-4-14-35-22)25(33)27-15-19-5-3-13-34-19/h1-2,4,6-12,14,19,24H,3,5,13,15-16H2,(H,27,33)/t19-,24-/m0/s1. The number of para-hydroxylation sites is 1. The lowest BCUT2D eigenvalue weighted by molar-refractivity contribution is -0.127. The number of halogens is 1. The van der Waals surface area contributed by atoms with Crippen molar-refractivity contribution < 1.29 is 18.7 Å². The summed E-state index contributed by atoms with van der Waals surface area (Å²) in [5.41, 5.74) is 1.78. The van der Waals surface area contributed by atoms with E-state index in [1.807, 2.05) is 41.8 Å². The number of hydrogen-bond acceptors (Lipinski definition) is 6. The third kappa shape index (κ3) is 5.08. The first-order chi connectivity index (χ1) is 17.1. The van der Waals surface area contributed by atoms with Crippen LogP contribution < -0.4 is 10.2 Å². The molecule has 1 N–H and O–H groups in total. The van der Waals surface area contributed by atoms with Crippen LogP contribution in [0.3, 0.4) is 0 Å². The van der Waals surface area contributed by atoms with Gasteiger partial charge in [0.1, 0.15) is 23.9 Å². The third-order valence-electron chi connectivity index (χ3n) is 5.93. The molecule has 180 valence electrons. The molecular formula is C25H24FN5O3S. The maximum Gasteiger partial charge on any atom is 0.249 e. The van der Waals surface area contributed by atoms with E-state index in [1.165, 1.54) is 45.2 Å². The zero-order valence-electron chi connectivity index (χ0n) is 18.8. The van der Waals surface area contributed by atoms with E-state index >= 15 is 0 Å². The number of benzene rings is 2. The maximum absolute atomic E-state index is 13.8. The predicted octanol–water partition coefficient (Wildman–Crippen LogP) is 3.70. The van der Waals surface area contributed by atoms with Crippen LogP contribution in [0.15, 0.2) is 66.0 Å². The van der Waals surface area contributed by atoms with Gasteiger partial charge in [-0.15, -0.1) is 16.4 Å². The number of anilines is 1. The van der Waals surface area contributed by atoms with Gasteiger partial charge in [-0.1, -0.05) is 23.4 Å². The minimum absolute atomic E-state index is 0.0422. The number of carbonyl (C=O) groups excluding carboxylic acids is 2. The Morgan fingerprint density at radius 2 is 2.00 bits per heavy atom. The van der Waals surface area contributed by atoms with Crippen LogP contribution in [-0.2, 0) is 20.9 Å². The van der Waals surface area contributed by atoms with Gasteiger partial charge in [0.2, 0.25) is 11.8 Å². The first-order valence-electron chi connectivity index (χ1n) is 11.4. The molecule has 4 aromatic rings. The lowest BCUT2D eigenvalue weighted by atomic mass is 10.1. The highest BCUT2D eigenvalue weighted by Crippen LogP contribution is 2.31. The van der Waals surface area contributed by atoms with E-state index in [-0.39, 0.29) is 24.5 Å². The summed E-state index contributed by atoms with van der Waals surface area (Å²) in [4.78, 5) is 29.4. The summed E-state index contributed by atoms with van der Waals surface area (Å²) in [6.45, 7) is 0.902. The summed E-state index contributed by atoms with van der Waals surface area (Å²) in [6, 6.07) is 15.6. The second kappa shape index (κ2) is 10.3. The first-order valence-corrected chi connectivity index (χ1v) is 12.3. The van der Waals surface area contributed by atoms with Crippen LogP contribution in [0.1, 0.15) is 23.8 Å². The quantitative estimate of drug-likeness (QED) is 0.404. The van der Waals surface area contributed by atoms with Gasteiger partial charge < -0.3 is 10.1 Å². The Bertz CT molecular complexity index is 1300. The number of nitrogens with zero attached hydrogens (tertiary/aromatic N) is 4. The molecule has 8 nitrogen and oxygen atoms in total. The number of rotatable bonds is 8. The molecule has 1 aliphatic rings. The van der Waals surface area contributed by atoms with Crippen molar-refractivity contribution in [1.29, 1.82) is 0 Å². The lowest BCUT2D eigenvalue weighted by Crippen LogP contribution is -2.46. The number of hydrogen-bond donors (Lipinski definition) is 1. The normalized spacial score (nSPS) is 16.3. The molecule has 1 fully saturated rings. The lowest BCUT2D eigenvalue weighted by Gasteiger charge is -2.31. The van der Waals surface area contributed by atoms with Crippen molar-refractivity contribution in [2.45, 2.75) is 31.5 Å². The van der Waals surface area contributed by atoms with Crippen molar-refractivity contribution in [2.75, 3.05) is 18.1 Å². The highest BCUT2D eigenvalue weighted by Gasteiger charge is 2.34. The van der Waals surface area contributed by atoms with E-state index < -0.39 is 11.9 Å². The van der Waals surface area contributed by atoms with Gasteiger partial charge in [-0.25, -0.2) is 9.07 Å². The van der Waals surface area contributed by atoms with Crippen LogP contribution >= 0.6 is 11.3 Å². The third-order valence-corrected chi connectivity index (χ3v) is 6.85. The minimum Gasteiger partial charge on any atom is -0.376 e. The number of carbonyl (C=O) groups is 2. The van der Waals surface area contributed by atoms with Crippen molar-refractivity contribution in [2.24, 2.45) is 0 Å². The number of aromatic nitrogens is 3. The van der Waals surface area contributed by atoms with Gasteiger partial charge in [0.15, 0.2) is 0 Å². The molecule has 2 atom stereocenters. The molecule has 0 saturated carbocycles. The number of ether oxygens (including phenoxy) is 1. The molecule has 2 aromatic carbocycles. The summed E-state index contributed by atoms with van der Waals surface area (Å²) >= 11 is 1.38. The zero-order valence-corrected chi connectivity index (χ0v) is 19.7. The van der Waals surface area contributed by atoms with Crippen LogP contribution in [0, 0.1) is 5.82 Å². The van der Waals surface area contributed by atoms with E-state index in [2.05, 4.69) is 15.6 Å². The van der Waals surface area contributed by atoms with Crippen molar-refractivity contribution in [3.8, 4) is 0 Å². The Kier molecular flexibility index (Phi) is 6.82. The van der Waals surface area contributed by atoms with Gasteiger partial charge >= 0.3 is 0 Å². The van der Waals surface area contributed by atoms with E-state index in [4.69, 9.17) is 4.74 Å². The predicted molar refractivity (Wildman–Crippen MR) is 130 cm³/mol. The van der Waals surface area contributed by atoms with Crippen LogP contribution in [0.5, 0.6) is 0 Å². The second-order valence-electron chi connectivity index (χ2n) is 8.27. The van der Waals surface area contributed by atoms with Gasteiger partial charge in [0, 0.05) is 23.7 Å². The van der Waals surface area contributed by atoms with Crippen molar-refractivity contribution in [1.82, 2.24) is 20.3 Å². The van der Waals surface area contributed by atoms with Crippen LogP contribution in [-0.4, -0.2) is 46.1 Å². The molecular weight excluding hydrogens is 469 g/mol. The fourth-order valence-electron chi connectivity index (χ4n) is 4.21. The second-order valence-corrected chi connectivity index (χ2v) is 9.25. The molecule has 2 aromatic heterocycles.